The van der Waals surface area contributed by atoms with E-state index < -0.39 is 6.29 Å². The summed E-state index contributed by atoms with van der Waals surface area (Å²) < 4.78 is 4.98. The number of aliphatic hydroxyl groups excluding tert-OH is 2. The van der Waals surface area contributed by atoms with E-state index in [0.29, 0.717) is 6.54 Å². The van der Waals surface area contributed by atoms with E-state index in [0.717, 1.165) is 6.42 Å². The van der Waals surface area contributed by atoms with Gasteiger partial charge in [0.2, 0.25) is 0 Å². The van der Waals surface area contributed by atoms with Crippen LogP contribution in [0.25, 0.3) is 0 Å². The maximum atomic E-state index is 8.99. The zero-order chi connectivity index (χ0) is 7.19. The standard InChI is InChI=1S/C6H11NO3/c8-2-4-1-6(3-7-4)5(9)10-6/h4-5,7-9H,1-3H2. The van der Waals surface area contributed by atoms with Crippen LogP contribution in [0.2, 0.25) is 0 Å². The van der Waals surface area contributed by atoms with Crippen molar-refractivity contribution in [2.75, 3.05) is 13.2 Å². The summed E-state index contributed by atoms with van der Waals surface area (Å²) in [6.07, 6.45) is 0.126. The summed E-state index contributed by atoms with van der Waals surface area (Å²) in [6.45, 7) is 0.789. The predicted octanol–water partition coefficient (Wildman–Crippen LogP) is -1.57. The zero-order valence-electron chi connectivity index (χ0n) is 5.58. The van der Waals surface area contributed by atoms with Crippen molar-refractivity contribution < 1.29 is 14.9 Å². The lowest BCUT2D eigenvalue weighted by molar-refractivity contribution is 0.155. The maximum Gasteiger partial charge on any atom is 0.186 e. The van der Waals surface area contributed by atoms with Gasteiger partial charge in [0.25, 0.3) is 0 Å². The maximum absolute atomic E-state index is 8.99. The monoisotopic (exact) mass is 145 g/mol. The number of nitrogens with one attached hydrogen (secondary N) is 1. The molecular formula is C6H11NO3. The van der Waals surface area contributed by atoms with Crippen LogP contribution >= 0.6 is 0 Å². The lowest BCUT2D eigenvalue weighted by Gasteiger charge is -2.01. The SMILES string of the molecule is OCC1CC2(CN1)OC2O. The molecule has 0 aliphatic carbocycles. The van der Waals surface area contributed by atoms with Crippen LogP contribution in [-0.4, -0.2) is 41.3 Å². The molecule has 0 amide bonds. The second-order valence-electron chi connectivity index (χ2n) is 3.00. The molecular weight excluding hydrogens is 134 g/mol. The summed E-state index contributed by atoms with van der Waals surface area (Å²) >= 11 is 0. The molecule has 2 fully saturated rings. The summed E-state index contributed by atoms with van der Waals surface area (Å²) in [5.74, 6) is 0. The number of epoxide rings is 1. The van der Waals surface area contributed by atoms with Gasteiger partial charge in [-0.05, 0) is 0 Å². The molecule has 0 radical (unpaired) electrons. The average Bonchev–Trinajstić information content (AvgIpc) is 2.43. The van der Waals surface area contributed by atoms with Crippen molar-refractivity contribution in [1.82, 2.24) is 5.32 Å². The Balaban J connectivity index is 1.95. The third-order valence-electron chi connectivity index (χ3n) is 2.24. The quantitative estimate of drug-likeness (QED) is 0.390. The van der Waals surface area contributed by atoms with E-state index in [-0.39, 0.29) is 18.2 Å². The molecule has 2 saturated heterocycles. The second-order valence-corrected chi connectivity index (χ2v) is 3.00. The molecule has 3 N–H and O–H groups in total. The van der Waals surface area contributed by atoms with Crippen molar-refractivity contribution in [3.8, 4) is 0 Å². The van der Waals surface area contributed by atoms with Gasteiger partial charge in [0.1, 0.15) is 5.60 Å². The summed E-state index contributed by atoms with van der Waals surface area (Å²) in [6, 6.07) is 0.108. The fourth-order valence-electron chi connectivity index (χ4n) is 1.47. The van der Waals surface area contributed by atoms with Crippen molar-refractivity contribution in [1.29, 1.82) is 0 Å². The molecule has 0 aromatic carbocycles. The Kier molecular flexibility index (Phi) is 1.25. The van der Waals surface area contributed by atoms with Crippen LogP contribution in [-0.2, 0) is 4.74 Å². The third kappa shape index (κ3) is 0.769. The normalized spacial score (nSPS) is 52.2. The van der Waals surface area contributed by atoms with E-state index >= 15 is 0 Å². The highest BCUT2D eigenvalue weighted by Crippen LogP contribution is 2.41. The zero-order valence-corrected chi connectivity index (χ0v) is 5.58. The summed E-state index contributed by atoms with van der Waals surface area (Å²) in [5, 5.41) is 20.8. The Hall–Kier alpha value is -0.160. The molecule has 2 heterocycles. The fraction of sp³-hybridized carbons (Fsp3) is 1.00. The van der Waals surface area contributed by atoms with Crippen molar-refractivity contribution in [3.63, 3.8) is 0 Å². The minimum atomic E-state index is -0.600. The molecule has 2 aliphatic heterocycles. The minimum Gasteiger partial charge on any atom is -0.395 e. The van der Waals surface area contributed by atoms with Gasteiger partial charge in [-0.3, -0.25) is 0 Å². The van der Waals surface area contributed by atoms with E-state index in [2.05, 4.69) is 5.32 Å². The fourth-order valence-corrected chi connectivity index (χ4v) is 1.47. The first-order valence-corrected chi connectivity index (χ1v) is 3.47. The molecule has 0 aromatic heterocycles. The molecule has 4 heteroatoms. The minimum absolute atomic E-state index is 0.108. The van der Waals surface area contributed by atoms with Crippen LogP contribution in [0.4, 0.5) is 0 Å². The van der Waals surface area contributed by atoms with Gasteiger partial charge in [-0.25, -0.2) is 0 Å². The van der Waals surface area contributed by atoms with Crippen LogP contribution in [0, 0.1) is 0 Å². The molecule has 4 nitrogen and oxygen atoms in total. The molecule has 2 aliphatic rings. The smallest absolute Gasteiger partial charge is 0.186 e. The molecule has 1 spiro atoms. The Morgan fingerprint density at radius 1 is 1.70 bits per heavy atom. The second kappa shape index (κ2) is 1.92. The van der Waals surface area contributed by atoms with E-state index in [1.165, 1.54) is 0 Å². The van der Waals surface area contributed by atoms with E-state index in [1.807, 2.05) is 0 Å². The van der Waals surface area contributed by atoms with E-state index in [4.69, 9.17) is 14.9 Å². The molecule has 58 valence electrons. The van der Waals surface area contributed by atoms with Crippen LogP contribution < -0.4 is 5.32 Å². The highest BCUT2D eigenvalue weighted by atomic mass is 16.7. The third-order valence-corrected chi connectivity index (χ3v) is 2.24. The molecule has 0 aromatic rings. The number of hydrogen-bond donors (Lipinski definition) is 3. The van der Waals surface area contributed by atoms with Gasteiger partial charge >= 0.3 is 0 Å². The first kappa shape index (κ1) is 6.54. The van der Waals surface area contributed by atoms with Crippen LogP contribution in [0.3, 0.4) is 0 Å². The first-order valence-electron chi connectivity index (χ1n) is 3.47. The largest absolute Gasteiger partial charge is 0.395 e. The van der Waals surface area contributed by atoms with Crippen LogP contribution in [0.1, 0.15) is 6.42 Å². The average molecular weight is 145 g/mol. The molecule has 3 atom stereocenters. The number of aliphatic hydroxyl groups is 2. The van der Waals surface area contributed by atoms with Gasteiger partial charge < -0.3 is 20.3 Å². The van der Waals surface area contributed by atoms with E-state index in [9.17, 15) is 0 Å². The Morgan fingerprint density at radius 3 is 2.70 bits per heavy atom. The lowest BCUT2D eigenvalue weighted by atomic mass is 10.1. The van der Waals surface area contributed by atoms with Gasteiger partial charge in [-0.2, -0.15) is 0 Å². The predicted molar refractivity (Wildman–Crippen MR) is 33.3 cm³/mol. The van der Waals surface area contributed by atoms with Gasteiger partial charge in [-0.1, -0.05) is 0 Å². The summed E-state index contributed by atoms with van der Waals surface area (Å²) in [4.78, 5) is 0. The topological polar surface area (TPSA) is 65.0 Å². The van der Waals surface area contributed by atoms with Gasteiger partial charge in [0.05, 0.1) is 6.61 Å². The van der Waals surface area contributed by atoms with Crippen molar-refractivity contribution in [3.05, 3.63) is 0 Å². The number of ether oxygens (including phenoxy) is 1. The highest BCUT2D eigenvalue weighted by Gasteiger charge is 2.59. The molecule has 3 unspecified atom stereocenters. The Morgan fingerprint density at radius 2 is 2.40 bits per heavy atom. The first-order chi connectivity index (χ1) is 4.77. The Bertz CT molecular complexity index is 152. The molecule has 0 saturated carbocycles. The van der Waals surface area contributed by atoms with Gasteiger partial charge in [-0.15, -0.1) is 0 Å². The van der Waals surface area contributed by atoms with Crippen molar-refractivity contribution in [2.24, 2.45) is 0 Å². The van der Waals surface area contributed by atoms with Crippen LogP contribution in [0.5, 0.6) is 0 Å². The highest BCUT2D eigenvalue weighted by molar-refractivity contribution is 5.06. The van der Waals surface area contributed by atoms with Crippen LogP contribution in [0.15, 0.2) is 0 Å². The Labute approximate surface area is 58.8 Å². The lowest BCUT2D eigenvalue weighted by Crippen LogP contribution is -2.25. The summed E-state index contributed by atoms with van der Waals surface area (Å²) in [5.41, 5.74) is -0.340. The van der Waals surface area contributed by atoms with Crippen molar-refractivity contribution in [2.45, 2.75) is 24.4 Å². The van der Waals surface area contributed by atoms with Gasteiger partial charge in [0.15, 0.2) is 6.29 Å². The van der Waals surface area contributed by atoms with E-state index in [1.54, 1.807) is 0 Å². The number of rotatable bonds is 1. The number of hydrogen-bond acceptors (Lipinski definition) is 4. The van der Waals surface area contributed by atoms with Crippen molar-refractivity contribution >= 4 is 0 Å². The molecule has 2 rings (SSSR count). The van der Waals surface area contributed by atoms with Gasteiger partial charge in [0, 0.05) is 19.0 Å². The molecule has 10 heavy (non-hydrogen) atoms. The summed E-state index contributed by atoms with van der Waals surface area (Å²) in [7, 11) is 0. The molecule has 0 bridgehead atoms.